The molecular formula is C21H25N5O3. The molecule has 0 saturated carbocycles. The van der Waals surface area contributed by atoms with E-state index >= 15 is 0 Å². The highest BCUT2D eigenvalue weighted by Crippen LogP contribution is 2.44. The molecule has 2 amide bonds. The summed E-state index contributed by atoms with van der Waals surface area (Å²) < 4.78 is 0. The van der Waals surface area contributed by atoms with Crippen molar-refractivity contribution in [1.29, 1.82) is 0 Å². The third kappa shape index (κ3) is 3.79. The molecule has 2 aliphatic rings. The molecule has 4 rings (SSSR count). The molecule has 2 aromatic rings. The van der Waals surface area contributed by atoms with E-state index in [0.717, 1.165) is 42.5 Å². The Hall–Kier alpha value is -3.03. The number of carbonyl (C=O) groups is 2. The molecule has 29 heavy (non-hydrogen) atoms. The minimum absolute atomic E-state index is 0.0572. The van der Waals surface area contributed by atoms with Crippen molar-refractivity contribution in [1.82, 2.24) is 25.2 Å². The first-order chi connectivity index (χ1) is 14.0. The summed E-state index contributed by atoms with van der Waals surface area (Å²) in [5.41, 5.74) is 2.25. The number of amides is 2. The van der Waals surface area contributed by atoms with Crippen LogP contribution in [-0.2, 0) is 21.4 Å². The first kappa shape index (κ1) is 19.3. The van der Waals surface area contributed by atoms with E-state index in [9.17, 15) is 14.4 Å². The minimum atomic E-state index is -0.144. The molecule has 8 heteroatoms. The van der Waals surface area contributed by atoms with Crippen molar-refractivity contribution < 1.29 is 9.59 Å². The number of piperidine rings is 1. The Balaban J connectivity index is 1.51. The second-order valence-corrected chi connectivity index (χ2v) is 7.88. The molecule has 0 unspecified atom stereocenters. The van der Waals surface area contributed by atoms with Gasteiger partial charge in [0.15, 0.2) is 0 Å². The molecule has 0 radical (unpaired) electrons. The fourth-order valence-electron chi connectivity index (χ4n) is 4.47. The lowest BCUT2D eigenvalue weighted by atomic mass is 9.76. The predicted molar refractivity (Wildman–Crippen MR) is 107 cm³/mol. The Morgan fingerprint density at radius 1 is 1.28 bits per heavy atom. The van der Waals surface area contributed by atoms with Crippen molar-refractivity contribution in [3.05, 3.63) is 46.1 Å². The van der Waals surface area contributed by atoms with Crippen LogP contribution in [0.5, 0.6) is 0 Å². The average molecular weight is 395 g/mol. The summed E-state index contributed by atoms with van der Waals surface area (Å²) in [5.74, 6) is 0.484. The largest absolute Gasteiger partial charge is 0.356 e. The van der Waals surface area contributed by atoms with Gasteiger partial charge in [-0.2, -0.15) is 0 Å². The summed E-state index contributed by atoms with van der Waals surface area (Å²) in [7, 11) is 0. The van der Waals surface area contributed by atoms with Gasteiger partial charge in [-0.15, -0.1) is 0 Å². The highest BCUT2D eigenvalue weighted by Gasteiger charge is 2.44. The zero-order chi connectivity index (χ0) is 20.4. The van der Waals surface area contributed by atoms with E-state index in [2.05, 4.69) is 15.3 Å². The van der Waals surface area contributed by atoms with Crippen molar-refractivity contribution in [3.63, 3.8) is 0 Å². The average Bonchev–Trinajstić information content (AvgIpc) is 3.07. The van der Waals surface area contributed by atoms with Crippen LogP contribution in [0.15, 0.2) is 29.3 Å². The Labute approximate surface area is 168 Å². The lowest BCUT2D eigenvalue weighted by Gasteiger charge is -2.39. The molecule has 2 N–H and O–H groups in total. The van der Waals surface area contributed by atoms with Crippen LogP contribution in [0.25, 0.3) is 11.4 Å². The first-order valence-corrected chi connectivity index (χ1v) is 10.0. The molecule has 0 atom stereocenters. The number of nitrogens with one attached hydrogen (secondary N) is 2. The Morgan fingerprint density at radius 2 is 2.07 bits per heavy atom. The van der Waals surface area contributed by atoms with E-state index in [-0.39, 0.29) is 22.8 Å². The number of aromatic amines is 1. The van der Waals surface area contributed by atoms with Gasteiger partial charge < -0.3 is 15.2 Å². The SMILES string of the molecule is CC(=O)NCCC(=O)N1CCC2(CCc3c2nc(-c2cccnc2)[nH]c3=O)CC1. The maximum Gasteiger partial charge on any atom is 0.254 e. The molecule has 1 fully saturated rings. The number of aromatic nitrogens is 3. The minimum Gasteiger partial charge on any atom is -0.356 e. The first-order valence-electron chi connectivity index (χ1n) is 10.0. The van der Waals surface area contributed by atoms with Crippen LogP contribution >= 0.6 is 0 Å². The zero-order valence-corrected chi connectivity index (χ0v) is 16.5. The molecular weight excluding hydrogens is 370 g/mol. The second-order valence-electron chi connectivity index (χ2n) is 7.88. The number of hydrogen-bond donors (Lipinski definition) is 2. The number of hydrogen-bond acceptors (Lipinski definition) is 5. The van der Waals surface area contributed by atoms with Crippen LogP contribution < -0.4 is 10.9 Å². The monoisotopic (exact) mass is 395 g/mol. The number of rotatable bonds is 4. The van der Waals surface area contributed by atoms with Crippen molar-refractivity contribution in [2.24, 2.45) is 0 Å². The molecule has 1 spiro atoms. The zero-order valence-electron chi connectivity index (χ0n) is 16.5. The van der Waals surface area contributed by atoms with Gasteiger partial charge in [-0.25, -0.2) is 4.98 Å². The van der Waals surface area contributed by atoms with E-state index in [1.165, 1.54) is 6.92 Å². The maximum absolute atomic E-state index is 12.7. The summed E-state index contributed by atoms with van der Waals surface area (Å²) in [6, 6.07) is 3.71. The van der Waals surface area contributed by atoms with Gasteiger partial charge >= 0.3 is 0 Å². The summed E-state index contributed by atoms with van der Waals surface area (Å²) in [4.78, 5) is 49.8. The lowest BCUT2D eigenvalue weighted by Crippen LogP contribution is -2.45. The third-order valence-electron chi connectivity index (χ3n) is 6.09. The number of carbonyl (C=O) groups excluding carboxylic acids is 2. The standard InChI is InChI=1S/C21H25N5O3/c1-14(27)23-10-5-17(28)26-11-7-21(8-12-26)6-4-16-18(21)24-19(25-20(16)29)15-3-2-9-22-13-15/h2-3,9,13H,4-8,10-12H2,1H3,(H,23,27)(H,24,25,29). The fraction of sp³-hybridized carbons (Fsp3) is 0.476. The van der Waals surface area contributed by atoms with E-state index in [4.69, 9.17) is 4.98 Å². The predicted octanol–water partition coefficient (Wildman–Crippen LogP) is 1.16. The van der Waals surface area contributed by atoms with Crippen molar-refractivity contribution in [2.75, 3.05) is 19.6 Å². The number of pyridine rings is 1. The Morgan fingerprint density at radius 3 is 2.76 bits per heavy atom. The van der Waals surface area contributed by atoms with E-state index < -0.39 is 0 Å². The Bertz CT molecular complexity index is 978. The molecule has 2 aromatic heterocycles. The molecule has 1 saturated heterocycles. The van der Waals surface area contributed by atoms with E-state index in [1.807, 2.05) is 17.0 Å². The highest BCUT2D eigenvalue weighted by molar-refractivity contribution is 5.78. The molecule has 0 aromatic carbocycles. The summed E-state index contributed by atoms with van der Waals surface area (Å²) in [6.45, 7) is 3.11. The van der Waals surface area contributed by atoms with Crippen LogP contribution in [-0.4, -0.2) is 51.3 Å². The van der Waals surface area contributed by atoms with Gasteiger partial charge in [-0.05, 0) is 37.8 Å². The number of H-pyrrole nitrogens is 1. The smallest absolute Gasteiger partial charge is 0.254 e. The van der Waals surface area contributed by atoms with E-state index in [1.54, 1.807) is 12.4 Å². The van der Waals surface area contributed by atoms with Crippen LogP contribution in [0.2, 0.25) is 0 Å². The van der Waals surface area contributed by atoms with Gasteiger partial charge in [0.05, 0.1) is 5.69 Å². The van der Waals surface area contributed by atoms with Crippen molar-refractivity contribution in [3.8, 4) is 11.4 Å². The molecule has 1 aliphatic heterocycles. The van der Waals surface area contributed by atoms with E-state index in [0.29, 0.717) is 31.9 Å². The van der Waals surface area contributed by atoms with Gasteiger partial charge in [-0.3, -0.25) is 19.4 Å². The summed E-state index contributed by atoms with van der Waals surface area (Å²) in [5, 5.41) is 2.67. The molecule has 0 bridgehead atoms. The number of nitrogens with zero attached hydrogens (tertiary/aromatic N) is 3. The molecule has 3 heterocycles. The molecule has 8 nitrogen and oxygen atoms in total. The second kappa shape index (κ2) is 7.77. The summed E-state index contributed by atoms with van der Waals surface area (Å²) >= 11 is 0. The van der Waals surface area contributed by atoms with Gasteiger partial charge in [0, 0.05) is 61.9 Å². The Kier molecular flexibility index (Phi) is 5.17. The van der Waals surface area contributed by atoms with Crippen LogP contribution in [0.4, 0.5) is 0 Å². The van der Waals surface area contributed by atoms with Gasteiger partial charge in [0.2, 0.25) is 11.8 Å². The normalized spacial score (nSPS) is 17.2. The fourth-order valence-corrected chi connectivity index (χ4v) is 4.47. The van der Waals surface area contributed by atoms with Gasteiger partial charge in [0.1, 0.15) is 5.82 Å². The summed E-state index contributed by atoms with van der Waals surface area (Å²) in [6.07, 6.45) is 6.91. The number of fused-ring (bicyclic) bond motifs is 2. The van der Waals surface area contributed by atoms with Gasteiger partial charge in [-0.1, -0.05) is 0 Å². The van der Waals surface area contributed by atoms with Gasteiger partial charge in [0.25, 0.3) is 5.56 Å². The maximum atomic E-state index is 12.7. The third-order valence-corrected chi connectivity index (χ3v) is 6.09. The van der Waals surface area contributed by atoms with Crippen molar-refractivity contribution >= 4 is 11.8 Å². The quantitative estimate of drug-likeness (QED) is 0.808. The topological polar surface area (TPSA) is 108 Å². The molecule has 1 aliphatic carbocycles. The van der Waals surface area contributed by atoms with Crippen molar-refractivity contribution in [2.45, 2.75) is 44.4 Å². The number of likely N-dealkylation sites (tertiary alicyclic amines) is 1. The van der Waals surface area contributed by atoms with Crippen LogP contribution in [0.3, 0.4) is 0 Å². The van der Waals surface area contributed by atoms with Crippen LogP contribution in [0.1, 0.15) is 43.9 Å². The van der Waals surface area contributed by atoms with Crippen LogP contribution in [0, 0.1) is 0 Å². The highest BCUT2D eigenvalue weighted by atomic mass is 16.2. The lowest BCUT2D eigenvalue weighted by molar-refractivity contribution is -0.132. The molecule has 152 valence electrons.